The maximum absolute atomic E-state index is 12.1. The van der Waals surface area contributed by atoms with Gasteiger partial charge in [0.05, 0.1) is 0 Å². The van der Waals surface area contributed by atoms with Gasteiger partial charge < -0.3 is 5.32 Å². The molecule has 118 valence electrons. The van der Waals surface area contributed by atoms with Crippen LogP contribution in [0.3, 0.4) is 0 Å². The van der Waals surface area contributed by atoms with Crippen molar-refractivity contribution in [2.45, 2.75) is 20.3 Å². The second-order valence-electron chi connectivity index (χ2n) is 5.83. The first kappa shape index (κ1) is 15.1. The number of benzene rings is 1. The third kappa shape index (κ3) is 3.36. The molecule has 0 aliphatic heterocycles. The van der Waals surface area contributed by atoms with Crippen molar-refractivity contribution in [2.24, 2.45) is 5.92 Å². The highest BCUT2D eigenvalue weighted by Gasteiger charge is 2.10. The molecule has 0 spiro atoms. The summed E-state index contributed by atoms with van der Waals surface area (Å²) >= 11 is 0. The molecule has 1 aromatic carbocycles. The highest BCUT2D eigenvalue weighted by atomic mass is 16.1. The van der Waals surface area contributed by atoms with E-state index >= 15 is 0 Å². The SMILES string of the molecule is CC(C)CCNC(=O)c1ccc(-c2nnc3ncccn23)cc1. The van der Waals surface area contributed by atoms with Crippen LogP contribution in [0.2, 0.25) is 0 Å². The van der Waals surface area contributed by atoms with E-state index in [1.165, 1.54) is 0 Å². The van der Waals surface area contributed by atoms with Crippen molar-refractivity contribution >= 4 is 11.7 Å². The minimum Gasteiger partial charge on any atom is -0.352 e. The maximum atomic E-state index is 12.1. The van der Waals surface area contributed by atoms with Crippen LogP contribution in [0.25, 0.3) is 17.2 Å². The molecule has 6 heteroatoms. The number of amides is 1. The van der Waals surface area contributed by atoms with E-state index < -0.39 is 0 Å². The van der Waals surface area contributed by atoms with Gasteiger partial charge in [-0.2, -0.15) is 0 Å². The first-order chi connectivity index (χ1) is 11.1. The Kier molecular flexibility index (Phi) is 4.32. The Labute approximate surface area is 134 Å². The first-order valence-corrected chi connectivity index (χ1v) is 7.69. The summed E-state index contributed by atoms with van der Waals surface area (Å²) in [7, 11) is 0. The average Bonchev–Trinajstić information content (AvgIpc) is 2.98. The van der Waals surface area contributed by atoms with Crippen molar-refractivity contribution in [3.05, 3.63) is 48.3 Å². The van der Waals surface area contributed by atoms with Gasteiger partial charge in [0.1, 0.15) is 0 Å². The van der Waals surface area contributed by atoms with Gasteiger partial charge in [0.2, 0.25) is 0 Å². The quantitative estimate of drug-likeness (QED) is 0.786. The van der Waals surface area contributed by atoms with Crippen molar-refractivity contribution in [1.29, 1.82) is 0 Å². The summed E-state index contributed by atoms with van der Waals surface area (Å²) < 4.78 is 1.82. The van der Waals surface area contributed by atoms with Crippen LogP contribution < -0.4 is 5.32 Å². The predicted molar refractivity (Wildman–Crippen MR) is 88.0 cm³/mol. The third-order valence-corrected chi connectivity index (χ3v) is 3.60. The van der Waals surface area contributed by atoms with E-state index in [2.05, 4.69) is 34.3 Å². The number of hydrogen-bond donors (Lipinski definition) is 1. The van der Waals surface area contributed by atoms with Crippen molar-refractivity contribution in [3.8, 4) is 11.4 Å². The highest BCUT2D eigenvalue weighted by Crippen LogP contribution is 2.18. The van der Waals surface area contributed by atoms with Crippen LogP contribution in [0.1, 0.15) is 30.6 Å². The van der Waals surface area contributed by atoms with Crippen LogP contribution in [0.15, 0.2) is 42.7 Å². The van der Waals surface area contributed by atoms with Crippen LogP contribution in [0.4, 0.5) is 0 Å². The fourth-order valence-electron chi connectivity index (χ4n) is 2.29. The fourth-order valence-corrected chi connectivity index (χ4v) is 2.29. The standard InChI is InChI=1S/C17H19N5O/c1-12(2)8-10-18-16(23)14-6-4-13(5-7-14)15-20-21-17-19-9-3-11-22(15)17/h3-7,9,11-12H,8,10H2,1-2H3,(H,18,23). The molecule has 0 aliphatic rings. The molecule has 2 heterocycles. The van der Waals surface area contributed by atoms with Crippen LogP contribution >= 0.6 is 0 Å². The molecule has 6 nitrogen and oxygen atoms in total. The molecule has 2 aromatic heterocycles. The summed E-state index contributed by atoms with van der Waals surface area (Å²) in [5, 5.41) is 11.1. The molecule has 0 radical (unpaired) electrons. The monoisotopic (exact) mass is 309 g/mol. The zero-order valence-corrected chi connectivity index (χ0v) is 13.2. The zero-order chi connectivity index (χ0) is 16.2. The molecule has 1 amide bonds. The summed E-state index contributed by atoms with van der Waals surface area (Å²) in [6.07, 6.45) is 4.52. The molecule has 0 atom stereocenters. The topological polar surface area (TPSA) is 72.2 Å². The molecule has 0 bridgehead atoms. The molecule has 0 saturated carbocycles. The Morgan fingerprint density at radius 2 is 2.00 bits per heavy atom. The minimum atomic E-state index is -0.0510. The van der Waals surface area contributed by atoms with Crippen molar-refractivity contribution < 1.29 is 4.79 Å². The van der Waals surface area contributed by atoms with Gasteiger partial charge in [-0.1, -0.05) is 26.0 Å². The van der Waals surface area contributed by atoms with E-state index in [0.717, 1.165) is 12.0 Å². The number of hydrogen-bond acceptors (Lipinski definition) is 4. The first-order valence-electron chi connectivity index (χ1n) is 7.69. The van der Waals surface area contributed by atoms with Gasteiger partial charge in [-0.3, -0.25) is 9.20 Å². The van der Waals surface area contributed by atoms with E-state index in [1.807, 2.05) is 28.8 Å². The molecule has 0 unspecified atom stereocenters. The normalized spacial score (nSPS) is 11.1. The van der Waals surface area contributed by atoms with Gasteiger partial charge in [-0.05, 0) is 30.5 Å². The number of nitrogens with one attached hydrogen (secondary N) is 1. The van der Waals surface area contributed by atoms with E-state index in [9.17, 15) is 4.79 Å². The summed E-state index contributed by atoms with van der Waals surface area (Å²) in [6, 6.07) is 9.19. The van der Waals surface area contributed by atoms with Crippen molar-refractivity contribution in [3.63, 3.8) is 0 Å². The number of carbonyl (C=O) groups excluding carboxylic acids is 1. The Morgan fingerprint density at radius 1 is 1.22 bits per heavy atom. The lowest BCUT2D eigenvalue weighted by atomic mass is 10.1. The molecule has 0 aliphatic carbocycles. The molecular weight excluding hydrogens is 290 g/mol. The summed E-state index contributed by atoms with van der Waals surface area (Å²) in [5.41, 5.74) is 1.54. The van der Waals surface area contributed by atoms with Gasteiger partial charge in [-0.15, -0.1) is 10.2 Å². The van der Waals surface area contributed by atoms with Gasteiger partial charge >= 0.3 is 0 Å². The van der Waals surface area contributed by atoms with Gasteiger partial charge in [-0.25, -0.2) is 4.98 Å². The van der Waals surface area contributed by atoms with E-state index in [1.54, 1.807) is 18.3 Å². The molecule has 3 rings (SSSR count). The van der Waals surface area contributed by atoms with Crippen LogP contribution in [0, 0.1) is 5.92 Å². The molecule has 1 N–H and O–H groups in total. The fraction of sp³-hybridized carbons (Fsp3) is 0.294. The van der Waals surface area contributed by atoms with Gasteiger partial charge in [0, 0.05) is 30.1 Å². The Bertz CT molecular complexity index is 807. The smallest absolute Gasteiger partial charge is 0.255 e. The van der Waals surface area contributed by atoms with Crippen LogP contribution in [0.5, 0.6) is 0 Å². The van der Waals surface area contributed by atoms with Crippen molar-refractivity contribution in [2.75, 3.05) is 6.54 Å². The Morgan fingerprint density at radius 3 is 2.74 bits per heavy atom. The van der Waals surface area contributed by atoms with Gasteiger partial charge in [0.25, 0.3) is 11.7 Å². The molecular formula is C17H19N5O. The molecule has 23 heavy (non-hydrogen) atoms. The lowest BCUT2D eigenvalue weighted by molar-refractivity contribution is 0.0952. The maximum Gasteiger partial charge on any atom is 0.255 e. The van der Waals surface area contributed by atoms with E-state index in [0.29, 0.717) is 29.6 Å². The lowest BCUT2D eigenvalue weighted by Crippen LogP contribution is -2.25. The number of fused-ring (bicyclic) bond motifs is 1. The number of carbonyl (C=O) groups is 1. The second-order valence-corrected chi connectivity index (χ2v) is 5.83. The Hall–Kier alpha value is -2.76. The van der Waals surface area contributed by atoms with Crippen LogP contribution in [-0.2, 0) is 0 Å². The third-order valence-electron chi connectivity index (χ3n) is 3.60. The molecule has 0 saturated heterocycles. The summed E-state index contributed by atoms with van der Waals surface area (Å²) in [5.74, 6) is 1.79. The van der Waals surface area contributed by atoms with Crippen molar-refractivity contribution in [1.82, 2.24) is 24.9 Å². The minimum absolute atomic E-state index is 0.0510. The number of aromatic nitrogens is 4. The largest absolute Gasteiger partial charge is 0.352 e. The summed E-state index contributed by atoms with van der Waals surface area (Å²) in [6.45, 7) is 4.97. The molecule has 0 fully saturated rings. The average molecular weight is 309 g/mol. The number of nitrogens with zero attached hydrogens (tertiary/aromatic N) is 4. The van der Waals surface area contributed by atoms with Gasteiger partial charge in [0.15, 0.2) is 5.82 Å². The van der Waals surface area contributed by atoms with E-state index in [-0.39, 0.29) is 5.91 Å². The van der Waals surface area contributed by atoms with Crippen LogP contribution in [-0.4, -0.2) is 32.0 Å². The number of rotatable bonds is 5. The highest BCUT2D eigenvalue weighted by molar-refractivity contribution is 5.94. The van der Waals surface area contributed by atoms with E-state index in [4.69, 9.17) is 0 Å². The predicted octanol–water partition coefficient (Wildman–Crippen LogP) is 2.57. The summed E-state index contributed by atoms with van der Waals surface area (Å²) in [4.78, 5) is 16.2. The molecule has 3 aromatic rings. The lowest BCUT2D eigenvalue weighted by Gasteiger charge is -2.07. The zero-order valence-electron chi connectivity index (χ0n) is 13.2. The Balaban J connectivity index is 1.75. The second kappa shape index (κ2) is 6.56.